The SMILES string of the molecule is Cc1cc(CN)ccc1OC(C)C. The summed E-state index contributed by atoms with van der Waals surface area (Å²) < 4.78 is 5.60. The second-order valence-corrected chi connectivity index (χ2v) is 3.47. The highest BCUT2D eigenvalue weighted by atomic mass is 16.5. The zero-order chi connectivity index (χ0) is 9.84. The summed E-state index contributed by atoms with van der Waals surface area (Å²) in [5.74, 6) is 0.951. The van der Waals surface area contributed by atoms with Gasteiger partial charge in [0, 0.05) is 6.54 Å². The summed E-state index contributed by atoms with van der Waals surface area (Å²) in [5.41, 5.74) is 7.83. The maximum atomic E-state index is 5.60. The van der Waals surface area contributed by atoms with E-state index in [9.17, 15) is 0 Å². The van der Waals surface area contributed by atoms with E-state index in [1.165, 1.54) is 0 Å². The van der Waals surface area contributed by atoms with Crippen molar-refractivity contribution in [1.82, 2.24) is 0 Å². The Morgan fingerprint density at radius 2 is 2.08 bits per heavy atom. The Bertz CT molecular complexity index is 281. The molecule has 0 aliphatic carbocycles. The van der Waals surface area contributed by atoms with Crippen molar-refractivity contribution < 1.29 is 4.74 Å². The predicted octanol–water partition coefficient (Wildman–Crippen LogP) is 2.24. The molecule has 0 aliphatic rings. The van der Waals surface area contributed by atoms with Crippen LogP contribution in [0.4, 0.5) is 0 Å². The van der Waals surface area contributed by atoms with Crippen LogP contribution in [0.2, 0.25) is 0 Å². The third-order valence-electron chi connectivity index (χ3n) is 1.84. The quantitative estimate of drug-likeness (QED) is 0.772. The standard InChI is InChI=1S/C11H17NO/c1-8(2)13-11-5-4-10(7-12)6-9(11)3/h4-6,8H,7,12H2,1-3H3. The Morgan fingerprint density at radius 1 is 1.38 bits per heavy atom. The van der Waals surface area contributed by atoms with Gasteiger partial charge in [0.15, 0.2) is 0 Å². The molecule has 2 nitrogen and oxygen atoms in total. The van der Waals surface area contributed by atoms with Gasteiger partial charge in [0.2, 0.25) is 0 Å². The van der Waals surface area contributed by atoms with Gasteiger partial charge in [-0.05, 0) is 38.0 Å². The number of nitrogens with two attached hydrogens (primary N) is 1. The lowest BCUT2D eigenvalue weighted by atomic mass is 10.1. The van der Waals surface area contributed by atoms with Crippen LogP contribution in [0.3, 0.4) is 0 Å². The lowest BCUT2D eigenvalue weighted by molar-refractivity contribution is 0.240. The molecule has 1 rings (SSSR count). The van der Waals surface area contributed by atoms with Crippen LogP contribution in [0.1, 0.15) is 25.0 Å². The molecular weight excluding hydrogens is 162 g/mol. The fraction of sp³-hybridized carbons (Fsp3) is 0.455. The zero-order valence-corrected chi connectivity index (χ0v) is 8.50. The number of aryl methyl sites for hydroxylation is 1. The highest BCUT2D eigenvalue weighted by molar-refractivity contribution is 5.36. The smallest absolute Gasteiger partial charge is 0.122 e. The van der Waals surface area contributed by atoms with Crippen LogP contribution in [-0.4, -0.2) is 6.10 Å². The van der Waals surface area contributed by atoms with Crippen LogP contribution in [-0.2, 0) is 6.54 Å². The molecule has 1 aromatic rings. The summed E-state index contributed by atoms with van der Waals surface area (Å²) in [4.78, 5) is 0. The number of hydrogen-bond donors (Lipinski definition) is 1. The van der Waals surface area contributed by atoms with Crippen LogP contribution in [0.15, 0.2) is 18.2 Å². The van der Waals surface area contributed by atoms with Crippen LogP contribution >= 0.6 is 0 Å². The number of hydrogen-bond acceptors (Lipinski definition) is 2. The largest absolute Gasteiger partial charge is 0.491 e. The van der Waals surface area contributed by atoms with Gasteiger partial charge in [-0.25, -0.2) is 0 Å². The molecule has 2 N–H and O–H groups in total. The maximum Gasteiger partial charge on any atom is 0.122 e. The molecule has 0 saturated carbocycles. The number of benzene rings is 1. The first-order chi connectivity index (χ1) is 6.13. The molecule has 0 heterocycles. The summed E-state index contributed by atoms with van der Waals surface area (Å²) in [5, 5.41) is 0. The van der Waals surface area contributed by atoms with Crippen LogP contribution in [0, 0.1) is 6.92 Å². The van der Waals surface area contributed by atoms with E-state index >= 15 is 0 Å². The number of rotatable bonds is 3. The minimum absolute atomic E-state index is 0.224. The van der Waals surface area contributed by atoms with Crippen molar-refractivity contribution in [2.24, 2.45) is 5.73 Å². The highest BCUT2D eigenvalue weighted by Crippen LogP contribution is 2.19. The fourth-order valence-corrected chi connectivity index (χ4v) is 1.22. The average molecular weight is 179 g/mol. The summed E-state index contributed by atoms with van der Waals surface area (Å²) in [6.07, 6.45) is 0.224. The first-order valence-electron chi connectivity index (χ1n) is 4.59. The Labute approximate surface area is 79.7 Å². The Balaban J connectivity index is 2.85. The van der Waals surface area contributed by atoms with Crippen molar-refractivity contribution >= 4 is 0 Å². The Kier molecular flexibility index (Phi) is 3.32. The van der Waals surface area contributed by atoms with E-state index in [2.05, 4.69) is 6.07 Å². The van der Waals surface area contributed by atoms with Gasteiger partial charge in [0.1, 0.15) is 5.75 Å². The molecule has 0 aliphatic heterocycles. The summed E-state index contributed by atoms with van der Waals surface area (Å²) in [6.45, 7) is 6.67. The highest BCUT2D eigenvalue weighted by Gasteiger charge is 2.01. The van der Waals surface area contributed by atoms with Crippen molar-refractivity contribution in [3.8, 4) is 5.75 Å². The van der Waals surface area contributed by atoms with Crippen LogP contribution in [0.5, 0.6) is 5.75 Å². The minimum atomic E-state index is 0.224. The zero-order valence-electron chi connectivity index (χ0n) is 8.50. The summed E-state index contributed by atoms with van der Waals surface area (Å²) in [6, 6.07) is 6.06. The maximum absolute atomic E-state index is 5.60. The van der Waals surface area contributed by atoms with Crippen molar-refractivity contribution in [2.75, 3.05) is 0 Å². The molecule has 0 saturated heterocycles. The van der Waals surface area contributed by atoms with Gasteiger partial charge in [0.25, 0.3) is 0 Å². The van der Waals surface area contributed by atoms with Crippen molar-refractivity contribution in [1.29, 1.82) is 0 Å². The van der Waals surface area contributed by atoms with E-state index in [1.807, 2.05) is 32.9 Å². The average Bonchev–Trinajstić information content (AvgIpc) is 2.08. The number of ether oxygens (including phenoxy) is 1. The molecule has 0 atom stereocenters. The normalized spacial score (nSPS) is 10.5. The molecule has 0 fully saturated rings. The molecule has 2 heteroatoms. The summed E-state index contributed by atoms with van der Waals surface area (Å²) in [7, 11) is 0. The second-order valence-electron chi connectivity index (χ2n) is 3.47. The fourth-order valence-electron chi connectivity index (χ4n) is 1.22. The van der Waals surface area contributed by atoms with E-state index in [1.54, 1.807) is 0 Å². The molecule has 0 amide bonds. The third kappa shape index (κ3) is 2.74. The van der Waals surface area contributed by atoms with Gasteiger partial charge in [-0.15, -0.1) is 0 Å². The molecular formula is C11H17NO. The first-order valence-corrected chi connectivity index (χ1v) is 4.59. The van der Waals surface area contributed by atoms with Crippen molar-refractivity contribution in [2.45, 2.75) is 33.4 Å². The Morgan fingerprint density at radius 3 is 2.54 bits per heavy atom. The predicted molar refractivity (Wildman–Crippen MR) is 54.8 cm³/mol. The molecule has 13 heavy (non-hydrogen) atoms. The van der Waals surface area contributed by atoms with Crippen molar-refractivity contribution in [3.05, 3.63) is 29.3 Å². The topological polar surface area (TPSA) is 35.2 Å². The van der Waals surface area contributed by atoms with Crippen molar-refractivity contribution in [3.63, 3.8) is 0 Å². The summed E-state index contributed by atoms with van der Waals surface area (Å²) >= 11 is 0. The molecule has 0 aromatic heterocycles. The lowest BCUT2D eigenvalue weighted by Crippen LogP contribution is -2.07. The van der Waals surface area contributed by atoms with Gasteiger partial charge >= 0.3 is 0 Å². The van der Waals surface area contributed by atoms with Crippen LogP contribution < -0.4 is 10.5 Å². The molecule has 72 valence electrons. The third-order valence-corrected chi connectivity index (χ3v) is 1.84. The lowest BCUT2D eigenvalue weighted by Gasteiger charge is -2.12. The second kappa shape index (κ2) is 4.28. The Hall–Kier alpha value is -1.02. The van der Waals surface area contributed by atoms with E-state index in [4.69, 9.17) is 10.5 Å². The van der Waals surface area contributed by atoms with E-state index in [0.717, 1.165) is 16.9 Å². The van der Waals surface area contributed by atoms with Crippen LogP contribution in [0.25, 0.3) is 0 Å². The van der Waals surface area contributed by atoms with Gasteiger partial charge in [-0.2, -0.15) is 0 Å². The van der Waals surface area contributed by atoms with Gasteiger partial charge < -0.3 is 10.5 Å². The monoisotopic (exact) mass is 179 g/mol. The molecule has 1 aromatic carbocycles. The van der Waals surface area contributed by atoms with E-state index < -0.39 is 0 Å². The van der Waals surface area contributed by atoms with Gasteiger partial charge in [0.05, 0.1) is 6.10 Å². The first kappa shape index (κ1) is 10.1. The molecule has 0 bridgehead atoms. The minimum Gasteiger partial charge on any atom is -0.491 e. The van der Waals surface area contributed by atoms with E-state index in [-0.39, 0.29) is 6.10 Å². The van der Waals surface area contributed by atoms with Gasteiger partial charge in [-0.3, -0.25) is 0 Å². The molecule has 0 spiro atoms. The van der Waals surface area contributed by atoms with E-state index in [0.29, 0.717) is 6.54 Å². The molecule has 0 unspecified atom stereocenters. The molecule has 0 radical (unpaired) electrons. The van der Waals surface area contributed by atoms with Gasteiger partial charge in [-0.1, -0.05) is 12.1 Å².